The van der Waals surface area contributed by atoms with E-state index in [1.54, 1.807) is 0 Å². The van der Waals surface area contributed by atoms with Crippen molar-refractivity contribution >= 4 is 28.4 Å². The summed E-state index contributed by atoms with van der Waals surface area (Å²) in [4.78, 5) is 14.3. The molecule has 8 aromatic rings. The largest absolute Gasteiger partial charge is 0.300 e. The Morgan fingerprint density at radius 1 is 0.462 bits per heavy atom. The van der Waals surface area contributed by atoms with E-state index in [9.17, 15) is 0 Å². The van der Waals surface area contributed by atoms with Gasteiger partial charge in [0.05, 0.1) is 22.8 Å². The van der Waals surface area contributed by atoms with Gasteiger partial charge in [-0.05, 0) is 98.8 Å². The van der Waals surface area contributed by atoms with Gasteiger partial charge in [0.15, 0.2) is 0 Å². The maximum Gasteiger partial charge on any atom is 0.0723 e. The molecule has 1 N–H and O–H groups in total. The molecule has 246 valence electrons. The lowest BCUT2D eigenvalue weighted by Crippen LogP contribution is -1.96. The van der Waals surface area contributed by atoms with Crippen LogP contribution in [0.2, 0.25) is 0 Å². The van der Waals surface area contributed by atoms with Gasteiger partial charge in [-0.3, -0.25) is 15.0 Å². The van der Waals surface area contributed by atoms with E-state index >= 15 is 0 Å². The van der Waals surface area contributed by atoms with Gasteiger partial charge in [0.2, 0.25) is 0 Å². The molecule has 4 nitrogen and oxygen atoms in total. The van der Waals surface area contributed by atoms with Crippen molar-refractivity contribution in [2.24, 2.45) is 4.99 Å². The van der Waals surface area contributed by atoms with Crippen LogP contribution in [0.4, 0.5) is 0 Å². The molecular weight excluding hydrogens is 633 g/mol. The van der Waals surface area contributed by atoms with Crippen LogP contribution in [0.5, 0.6) is 0 Å². The predicted octanol–water partition coefficient (Wildman–Crippen LogP) is 11.8. The number of fused-ring (bicyclic) bond motifs is 1. The van der Waals surface area contributed by atoms with Crippen LogP contribution in [-0.2, 0) is 0 Å². The van der Waals surface area contributed by atoms with E-state index in [1.807, 2.05) is 122 Å². The molecule has 0 saturated heterocycles. The van der Waals surface area contributed by atoms with E-state index in [4.69, 9.17) is 10.4 Å². The van der Waals surface area contributed by atoms with Crippen molar-refractivity contribution in [3.63, 3.8) is 0 Å². The van der Waals surface area contributed by atoms with Crippen LogP contribution in [0.1, 0.15) is 16.7 Å². The first-order valence-corrected chi connectivity index (χ1v) is 17.3. The Kier molecular flexibility index (Phi) is 9.18. The summed E-state index contributed by atoms with van der Waals surface area (Å²) in [6.45, 7) is 0. The first-order valence-electron chi connectivity index (χ1n) is 17.3. The average molecular weight is 667 g/mol. The fourth-order valence-electron chi connectivity index (χ4n) is 6.52. The van der Waals surface area contributed by atoms with Crippen LogP contribution in [0.15, 0.2) is 199 Å². The van der Waals surface area contributed by atoms with Gasteiger partial charge in [0, 0.05) is 35.3 Å². The second-order valence-electron chi connectivity index (χ2n) is 12.5. The SMILES string of the molecule is N=C(/C=C(\N=Cc1cccc(-c2ccc(-c3cc(-c4ccccn4)cc(-c4ccccn4)c3)c3ccccc23)c1)c1ccccc1)c1ccccc1. The Bertz CT molecular complexity index is 2500. The van der Waals surface area contributed by atoms with Gasteiger partial charge < -0.3 is 5.41 Å². The van der Waals surface area contributed by atoms with Crippen LogP contribution in [0.3, 0.4) is 0 Å². The Balaban J connectivity index is 1.18. The lowest BCUT2D eigenvalue weighted by Gasteiger charge is -2.15. The minimum absolute atomic E-state index is 0.412. The number of aromatic nitrogens is 2. The molecule has 0 amide bonds. The summed E-state index contributed by atoms with van der Waals surface area (Å²) >= 11 is 0. The molecule has 0 aliphatic heterocycles. The highest BCUT2D eigenvalue weighted by molar-refractivity contribution is 6.11. The van der Waals surface area contributed by atoms with Gasteiger partial charge >= 0.3 is 0 Å². The van der Waals surface area contributed by atoms with E-state index in [-0.39, 0.29) is 0 Å². The Morgan fingerprint density at radius 2 is 1.00 bits per heavy atom. The number of allylic oxidation sites excluding steroid dienone is 1. The number of aliphatic imine (C=N–C) groups is 1. The van der Waals surface area contributed by atoms with Crippen molar-refractivity contribution in [3.8, 4) is 44.8 Å². The summed E-state index contributed by atoms with van der Waals surface area (Å²) in [6, 6.07) is 59.9. The van der Waals surface area contributed by atoms with Crippen molar-refractivity contribution in [3.05, 3.63) is 211 Å². The summed E-state index contributed by atoms with van der Waals surface area (Å²) in [7, 11) is 0. The molecular formula is C48H34N4. The fraction of sp³-hybridized carbons (Fsp3) is 0. The zero-order valence-corrected chi connectivity index (χ0v) is 28.4. The van der Waals surface area contributed by atoms with Crippen LogP contribution in [-0.4, -0.2) is 21.9 Å². The number of nitrogens with one attached hydrogen (secondary N) is 1. The predicted molar refractivity (Wildman–Crippen MR) is 217 cm³/mol. The van der Waals surface area contributed by atoms with Gasteiger partial charge in [-0.2, -0.15) is 0 Å². The van der Waals surface area contributed by atoms with E-state index < -0.39 is 0 Å². The third-order valence-corrected chi connectivity index (χ3v) is 9.08. The van der Waals surface area contributed by atoms with Crippen LogP contribution in [0.25, 0.3) is 61.2 Å². The first-order chi connectivity index (χ1) is 25.7. The summed E-state index contributed by atoms with van der Waals surface area (Å²) in [5.74, 6) is 0. The quantitative estimate of drug-likeness (QED) is 0.156. The summed E-state index contributed by atoms with van der Waals surface area (Å²) < 4.78 is 0. The number of nitrogens with zero attached hydrogens (tertiary/aromatic N) is 3. The summed E-state index contributed by atoms with van der Waals surface area (Å²) in [5, 5.41) is 11.1. The Hall–Kier alpha value is -7.04. The second kappa shape index (κ2) is 14.8. The highest BCUT2D eigenvalue weighted by Crippen LogP contribution is 2.38. The number of pyridine rings is 2. The molecule has 0 aliphatic carbocycles. The lowest BCUT2D eigenvalue weighted by molar-refractivity contribution is 1.31. The molecule has 0 atom stereocenters. The standard InChI is InChI=1S/C48H34N4/c49-45(35-15-3-1-4-16-35)32-48(36-17-5-2-6-18-36)52-33-34-14-13-19-37(28-34)41-24-25-42(44-21-8-7-20-43(41)44)38-29-39(46-22-9-11-26-50-46)31-40(30-38)47-23-10-12-27-51-47/h1-33,49H/b48-32-,49-45?,52-33?. The molecule has 0 unspecified atom stereocenters. The van der Waals surface area contributed by atoms with Crippen LogP contribution < -0.4 is 0 Å². The molecule has 0 radical (unpaired) electrons. The Labute approximate surface area is 303 Å². The minimum Gasteiger partial charge on any atom is -0.300 e. The smallest absolute Gasteiger partial charge is 0.0723 e. The molecule has 0 fully saturated rings. The van der Waals surface area contributed by atoms with Gasteiger partial charge in [-0.1, -0.05) is 127 Å². The summed E-state index contributed by atoms with van der Waals surface area (Å²) in [6.07, 6.45) is 7.39. The minimum atomic E-state index is 0.412. The van der Waals surface area contributed by atoms with Crippen molar-refractivity contribution in [1.29, 1.82) is 5.41 Å². The monoisotopic (exact) mass is 666 g/mol. The average Bonchev–Trinajstić information content (AvgIpc) is 3.23. The van der Waals surface area contributed by atoms with Gasteiger partial charge in [0.1, 0.15) is 0 Å². The van der Waals surface area contributed by atoms with E-state index in [0.717, 1.165) is 77.9 Å². The molecule has 0 saturated carbocycles. The van der Waals surface area contributed by atoms with Crippen LogP contribution in [0, 0.1) is 5.41 Å². The highest BCUT2D eigenvalue weighted by atomic mass is 14.7. The van der Waals surface area contributed by atoms with E-state index in [1.165, 1.54) is 0 Å². The topological polar surface area (TPSA) is 62.0 Å². The van der Waals surface area contributed by atoms with Crippen molar-refractivity contribution in [1.82, 2.24) is 9.97 Å². The number of benzene rings is 6. The third kappa shape index (κ3) is 7.00. The number of hydrogen-bond donors (Lipinski definition) is 1. The van der Waals surface area contributed by atoms with Gasteiger partial charge in [-0.25, -0.2) is 0 Å². The summed E-state index contributed by atoms with van der Waals surface area (Å²) in [5.41, 5.74) is 12.3. The van der Waals surface area contributed by atoms with Gasteiger partial charge in [0.25, 0.3) is 0 Å². The molecule has 2 aromatic heterocycles. The molecule has 2 heterocycles. The molecule has 4 heteroatoms. The first kappa shape index (κ1) is 32.2. The number of hydrogen-bond acceptors (Lipinski definition) is 4. The number of rotatable bonds is 9. The zero-order valence-electron chi connectivity index (χ0n) is 28.4. The van der Waals surface area contributed by atoms with Gasteiger partial charge in [-0.15, -0.1) is 0 Å². The molecule has 0 bridgehead atoms. The zero-order chi connectivity index (χ0) is 35.1. The van der Waals surface area contributed by atoms with Crippen molar-refractivity contribution in [2.45, 2.75) is 0 Å². The fourth-order valence-corrected chi connectivity index (χ4v) is 6.52. The molecule has 8 rings (SSSR count). The molecule has 52 heavy (non-hydrogen) atoms. The lowest BCUT2D eigenvalue weighted by atomic mass is 9.90. The highest BCUT2D eigenvalue weighted by Gasteiger charge is 2.14. The van der Waals surface area contributed by atoms with E-state index in [2.05, 4.69) is 88.8 Å². The molecule has 6 aromatic carbocycles. The Morgan fingerprint density at radius 3 is 1.60 bits per heavy atom. The second-order valence-corrected chi connectivity index (χ2v) is 12.5. The maximum atomic E-state index is 8.75. The normalized spacial score (nSPS) is 11.6. The maximum absolute atomic E-state index is 8.75. The van der Waals surface area contributed by atoms with Crippen molar-refractivity contribution in [2.75, 3.05) is 0 Å². The third-order valence-electron chi connectivity index (χ3n) is 9.08. The van der Waals surface area contributed by atoms with E-state index in [0.29, 0.717) is 5.71 Å². The molecule has 0 spiro atoms. The van der Waals surface area contributed by atoms with Crippen LogP contribution >= 0.6 is 0 Å². The molecule has 0 aliphatic rings. The van der Waals surface area contributed by atoms with Crippen molar-refractivity contribution < 1.29 is 0 Å².